The SMILES string of the molecule is COc1ccc(C[NH+](C)Cc2csc(N(C(C)=O)c3c(C)cc(C)cc3C)n2)cc1. The van der Waals surface area contributed by atoms with Crippen molar-refractivity contribution in [3.8, 4) is 5.75 Å². The molecule has 1 aromatic heterocycles. The summed E-state index contributed by atoms with van der Waals surface area (Å²) in [4.78, 5) is 20.4. The van der Waals surface area contributed by atoms with Crippen LogP contribution in [0.5, 0.6) is 5.75 Å². The molecule has 0 aliphatic heterocycles. The standard InChI is InChI=1S/C24H29N3O2S/c1-16-11-17(2)23(18(3)12-16)27(19(4)28)24-25-21(15-30-24)14-26(5)13-20-7-9-22(29-6)10-8-20/h7-12,15H,13-14H2,1-6H3/p+1. The second-order valence-corrected chi connectivity index (χ2v) is 8.72. The summed E-state index contributed by atoms with van der Waals surface area (Å²) in [6.07, 6.45) is 0. The quantitative estimate of drug-likeness (QED) is 0.624. The van der Waals surface area contributed by atoms with Crippen molar-refractivity contribution in [3.63, 3.8) is 0 Å². The molecule has 1 N–H and O–H groups in total. The van der Waals surface area contributed by atoms with E-state index in [1.54, 1.807) is 18.9 Å². The number of aromatic nitrogens is 1. The van der Waals surface area contributed by atoms with E-state index in [4.69, 9.17) is 9.72 Å². The van der Waals surface area contributed by atoms with Gasteiger partial charge in [-0.25, -0.2) is 4.98 Å². The van der Waals surface area contributed by atoms with Crippen LogP contribution in [-0.2, 0) is 17.9 Å². The molecule has 3 rings (SSSR count). The van der Waals surface area contributed by atoms with E-state index < -0.39 is 0 Å². The predicted molar refractivity (Wildman–Crippen MR) is 123 cm³/mol. The van der Waals surface area contributed by atoms with Crippen LogP contribution < -0.4 is 14.5 Å². The summed E-state index contributed by atoms with van der Waals surface area (Å²) in [7, 11) is 3.83. The summed E-state index contributed by atoms with van der Waals surface area (Å²) >= 11 is 1.52. The fourth-order valence-electron chi connectivity index (χ4n) is 3.86. The van der Waals surface area contributed by atoms with Crippen molar-refractivity contribution in [2.24, 2.45) is 0 Å². The molecule has 30 heavy (non-hydrogen) atoms. The van der Waals surface area contributed by atoms with Gasteiger partial charge in [-0.1, -0.05) is 17.7 Å². The van der Waals surface area contributed by atoms with Crippen LogP contribution in [0.15, 0.2) is 41.8 Å². The Hall–Kier alpha value is -2.70. The highest BCUT2D eigenvalue weighted by Crippen LogP contribution is 2.34. The first kappa shape index (κ1) is 22.0. The molecule has 5 nitrogen and oxygen atoms in total. The van der Waals surface area contributed by atoms with Gasteiger partial charge in [-0.3, -0.25) is 9.69 Å². The van der Waals surface area contributed by atoms with Crippen LogP contribution in [0.4, 0.5) is 10.8 Å². The zero-order valence-electron chi connectivity index (χ0n) is 18.6. The van der Waals surface area contributed by atoms with E-state index in [-0.39, 0.29) is 5.91 Å². The number of amides is 1. The summed E-state index contributed by atoms with van der Waals surface area (Å²) in [6.45, 7) is 9.45. The number of ether oxygens (including phenoxy) is 1. The molecule has 158 valence electrons. The number of nitrogens with zero attached hydrogens (tertiary/aromatic N) is 2. The van der Waals surface area contributed by atoms with Crippen LogP contribution in [-0.4, -0.2) is 25.0 Å². The van der Waals surface area contributed by atoms with Gasteiger partial charge in [0.25, 0.3) is 0 Å². The molecule has 6 heteroatoms. The maximum Gasteiger partial charge on any atom is 0.230 e. The number of thiazole rings is 1. The Morgan fingerprint density at radius 1 is 1.10 bits per heavy atom. The molecule has 1 unspecified atom stereocenters. The second-order valence-electron chi connectivity index (χ2n) is 7.88. The Kier molecular flexibility index (Phi) is 6.90. The second kappa shape index (κ2) is 9.41. The highest BCUT2D eigenvalue weighted by atomic mass is 32.1. The van der Waals surface area contributed by atoms with Crippen molar-refractivity contribution in [1.29, 1.82) is 0 Å². The van der Waals surface area contributed by atoms with Crippen LogP contribution >= 0.6 is 11.3 Å². The van der Waals surface area contributed by atoms with Crippen molar-refractivity contribution < 1.29 is 14.4 Å². The van der Waals surface area contributed by atoms with Crippen molar-refractivity contribution >= 4 is 28.1 Å². The van der Waals surface area contributed by atoms with Crippen LogP contribution in [0.3, 0.4) is 0 Å². The van der Waals surface area contributed by atoms with E-state index in [9.17, 15) is 4.79 Å². The number of nitrogens with one attached hydrogen (secondary N) is 1. The lowest BCUT2D eigenvalue weighted by molar-refractivity contribution is -0.908. The summed E-state index contributed by atoms with van der Waals surface area (Å²) in [5, 5.41) is 2.78. The van der Waals surface area contributed by atoms with Crippen LogP contribution in [0, 0.1) is 20.8 Å². The van der Waals surface area contributed by atoms with Gasteiger partial charge in [-0.2, -0.15) is 0 Å². The Labute approximate surface area is 182 Å². The molecular weight excluding hydrogens is 394 g/mol. The maximum absolute atomic E-state index is 12.5. The number of methoxy groups -OCH3 is 1. The molecular formula is C24H30N3O2S+. The van der Waals surface area contributed by atoms with E-state index in [1.807, 2.05) is 26.0 Å². The number of hydrogen-bond acceptors (Lipinski definition) is 4. The van der Waals surface area contributed by atoms with E-state index in [2.05, 4.69) is 43.6 Å². The minimum absolute atomic E-state index is 0.0233. The predicted octanol–water partition coefficient (Wildman–Crippen LogP) is 3.98. The fraction of sp³-hybridized carbons (Fsp3) is 0.333. The monoisotopic (exact) mass is 424 g/mol. The molecule has 1 amide bonds. The average molecular weight is 425 g/mol. The Balaban J connectivity index is 1.77. The molecule has 0 bridgehead atoms. The van der Waals surface area contributed by atoms with Crippen LogP contribution in [0.1, 0.15) is 34.9 Å². The lowest BCUT2D eigenvalue weighted by Gasteiger charge is -2.23. The number of aryl methyl sites for hydroxylation is 3. The highest BCUT2D eigenvalue weighted by Gasteiger charge is 2.22. The van der Waals surface area contributed by atoms with Gasteiger partial charge < -0.3 is 9.64 Å². The number of carbonyl (C=O) groups is 1. The fourth-order valence-corrected chi connectivity index (χ4v) is 4.73. The number of hydrogen-bond donors (Lipinski definition) is 1. The number of quaternary nitrogens is 1. The molecule has 0 spiro atoms. The average Bonchev–Trinajstić information content (AvgIpc) is 3.12. The number of rotatable bonds is 7. The van der Waals surface area contributed by atoms with Crippen molar-refractivity contribution in [2.75, 3.05) is 19.1 Å². The molecule has 0 radical (unpaired) electrons. The molecule has 3 aromatic rings. The zero-order chi connectivity index (χ0) is 21.8. The summed E-state index contributed by atoms with van der Waals surface area (Å²) in [5.74, 6) is 0.844. The lowest BCUT2D eigenvalue weighted by atomic mass is 10.0. The van der Waals surface area contributed by atoms with Gasteiger partial charge in [0.15, 0.2) is 5.13 Å². The number of benzene rings is 2. The minimum atomic E-state index is -0.0233. The third kappa shape index (κ3) is 5.07. The summed E-state index contributed by atoms with van der Waals surface area (Å²) < 4.78 is 5.23. The van der Waals surface area contributed by atoms with Crippen molar-refractivity contribution in [2.45, 2.75) is 40.8 Å². The lowest BCUT2D eigenvalue weighted by Crippen LogP contribution is -3.06. The van der Waals surface area contributed by atoms with Gasteiger partial charge in [0.2, 0.25) is 5.91 Å². The normalized spacial score (nSPS) is 11.9. The minimum Gasteiger partial charge on any atom is -0.497 e. The first-order valence-electron chi connectivity index (χ1n) is 10.1. The molecule has 0 aliphatic rings. The molecule has 0 fully saturated rings. The van der Waals surface area contributed by atoms with E-state index >= 15 is 0 Å². The molecule has 1 atom stereocenters. The van der Waals surface area contributed by atoms with E-state index in [1.165, 1.54) is 27.4 Å². The van der Waals surface area contributed by atoms with Gasteiger partial charge in [0, 0.05) is 17.9 Å². The Morgan fingerprint density at radius 2 is 1.73 bits per heavy atom. The topological polar surface area (TPSA) is 46.9 Å². The van der Waals surface area contributed by atoms with Gasteiger partial charge in [-0.15, -0.1) is 11.3 Å². The molecule has 1 heterocycles. The van der Waals surface area contributed by atoms with Gasteiger partial charge in [-0.05, 0) is 56.2 Å². The van der Waals surface area contributed by atoms with Gasteiger partial charge in [0.1, 0.15) is 24.5 Å². The number of anilines is 2. The zero-order valence-corrected chi connectivity index (χ0v) is 19.4. The Bertz CT molecular complexity index is 1000. The Morgan fingerprint density at radius 3 is 2.30 bits per heavy atom. The smallest absolute Gasteiger partial charge is 0.230 e. The van der Waals surface area contributed by atoms with Gasteiger partial charge in [0.05, 0.1) is 19.8 Å². The van der Waals surface area contributed by atoms with Crippen LogP contribution in [0.2, 0.25) is 0 Å². The summed E-state index contributed by atoms with van der Waals surface area (Å²) in [6, 6.07) is 12.4. The highest BCUT2D eigenvalue weighted by molar-refractivity contribution is 7.14. The maximum atomic E-state index is 12.5. The molecule has 2 aromatic carbocycles. The number of carbonyl (C=O) groups excluding carboxylic acids is 1. The van der Waals surface area contributed by atoms with Crippen molar-refractivity contribution in [3.05, 3.63) is 69.7 Å². The van der Waals surface area contributed by atoms with Crippen molar-refractivity contribution in [1.82, 2.24) is 4.98 Å². The largest absolute Gasteiger partial charge is 0.497 e. The van der Waals surface area contributed by atoms with Gasteiger partial charge >= 0.3 is 0 Å². The molecule has 0 aliphatic carbocycles. The third-order valence-corrected chi connectivity index (χ3v) is 5.93. The molecule has 0 saturated carbocycles. The van der Waals surface area contributed by atoms with E-state index in [0.29, 0.717) is 0 Å². The summed E-state index contributed by atoms with van der Waals surface area (Å²) in [5.41, 5.74) is 6.55. The first-order valence-corrected chi connectivity index (χ1v) is 10.9. The van der Waals surface area contributed by atoms with E-state index in [0.717, 1.165) is 46.5 Å². The third-order valence-electron chi connectivity index (χ3n) is 5.05. The first-order chi connectivity index (χ1) is 14.3. The van der Waals surface area contributed by atoms with Crippen LogP contribution in [0.25, 0.3) is 0 Å². The molecule has 0 saturated heterocycles.